The van der Waals surface area contributed by atoms with Crippen LogP contribution in [0.2, 0.25) is 5.02 Å². The molecule has 0 amide bonds. The quantitative estimate of drug-likeness (QED) is 0.933. The highest BCUT2D eigenvalue weighted by atomic mass is 35.5. The molecule has 1 atom stereocenters. The lowest BCUT2D eigenvalue weighted by Gasteiger charge is -2.17. The SMILES string of the molecule is CNC(c1ccc(C)c(Cl)c1)c1cc(OC)ncn1. The third kappa shape index (κ3) is 3.03. The van der Waals surface area contributed by atoms with Gasteiger partial charge in [-0.3, -0.25) is 0 Å². The first-order valence-electron chi connectivity index (χ1n) is 5.95. The number of nitrogens with one attached hydrogen (secondary N) is 1. The number of rotatable bonds is 4. The molecular formula is C14H16ClN3O. The number of hydrogen-bond donors (Lipinski definition) is 1. The molecule has 1 aromatic heterocycles. The third-order valence-corrected chi connectivity index (χ3v) is 3.39. The molecule has 1 N–H and O–H groups in total. The van der Waals surface area contributed by atoms with E-state index in [0.29, 0.717) is 5.88 Å². The predicted molar refractivity (Wildman–Crippen MR) is 75.7 cm³/mol. The zero-order valence-corrected chi connectivity index (χ0v) is 11.9. The van der Waals surface area contributed by atoms with Gasteiger partial charge in [0.05, 0.1) is 18.8 Å². The van der Waals surface area contributed by atoms with Crippen molar-refractivity contribution in [2.45, 2.75) is 13.0 Å². The molecule has 1 unspecified atom stereocenters. The molecule has 0 spiro atoms. The van der Waals surface area contributed by atoms with Crippen molar-refractivity contribution in [1.29, 1.82) is 0 Å². The number of halogens is 1. The summed E-state index contributed by atoms with van der Waals surface area (Å²) in [5, 5.41) is 3.98. The van der Waals surface area contributed by atoms with Crippen molar-refractivity contribution in [2.75, 3.05) is 14.2 Å². The van der Waals surface area contributed by atoms with Crippen molar-refractivity contribution in [3.05, 3.63) is 52.4 Å². The van der Waals surface area contributed by atoms with Gasteiger partial charge in [0.25, 0.3) is 0 Å². The molecule has 0 radical (unpaired) electrons. The highest BCUT2D eigenvalue weighted by molar-refractivity contribution is 6.31. The van der Waals surface area contributed by atoms with Gasteiger partial charge in [0, 0.05) is 11.1 Å². The third-order valence-electron chi connectivity index (χ3n) is 2.99. The molecule has 0 aliphatic rings. The van der Waals surface area contributed by atoms with E-state index in [0.717, 1.165) is 21.8 Å². The first kappa shape index (κ1) is 13.8. The molecule has 19 heavy (non-hydrogen) atoms. The Balaban J connectivity index is 2.40. The second-order valence-corrected chi connectivity index (χ2v) is 4.62. The van der Waals surface area contributed by atoms with E-state index in [9.17, 15) is 0 Å². The summed E-state index contributed by atoms with van der Waals surface area (Å²) in [6, 6.07) is 7.76. The van der Waals surface area contributed by atoms with E-state index >= 15 is 0 Å². The first-order valence-corrected chi connectivity index (χ1v) is 6.32. The van der Waals surface area contributed by atoms with Gasteiger partial charge in [0.15, 0.2) is 0 Å². The van der Waals surface area contributed by atoms with Crippen LogP contribution >= 0.6 is 11.6 Å². The van der Waals surface area contributed by atoms with Crippen molar-refractivity contribution < 1.29 is 4.74 Å². The van der Waals surface area contributed by atoms with Crippen molar-refractivity contribution in [3.8, 4) is 5.88 Å². The number of ether oxygens (including phenoxy) is 1. The largest absolute Gasteiger partial charge is 0.481 e. The van der Waals surface area contributed by atoms with E-state index in [-0.39, 0.29) is 6.04 Å². The van der Waals surface area contributed by atoms with Crippen molar-refractivity contribution in [3.63, 3.8) is 0 Å². The van der Waals surface area contributed by atoms with Crippen molar-refractivity contribution in [1.82, 2.24) is 15.3 Å². The summed E-state index contributed by atoms with van der Waals surface area (Å²) in [7, 11) is 3.47. The van der Waals surface area contributed by atoms with Gasteiger partial charge in [-0.15, -0.1) is 0 Å². The van der Waals surface area contributed by atoms with Crippen LogP contribution < -0.4 is 10.1 Å². The van der Waals surface area contributed by atoms with Crippen LogP contribution in [-0.2, 0) is 0 Å². The summed E-state index contributed by atoms with van der Waals surface area (Å²) in [5.74, 6) is 0.545. The predicted octanol–water partition coefficient (Wildman–Crippen LogP) is 2.76. The van der Waals surface area contributed by atoms with Gasteiger partial charge in [0.2, 0.25) is 5.88 Å². The number of benzene rings is 1. The van der Waals surface area contributed by atoms with E-state index in [1.54, 1.807) is 7.11 Å². The lowest BCUT2D eigenvalue weighted by Crippen LogP contribution is -2.19. The average molecular weight is 278 g/mol. The molecule has 5 heteroatoms. The number of aromatic nitrogens is 2. The topological polar surface area (TPSA) is 47.0 Å². The van der Waals surface area contributed by atoms with Crippen molar-refractivity contribution in [2.24, 2.45) is 0 Å². The molecule has 2 rings (SSSR count). The standard InChI is InChI=1S/C14H16ClN3O/c1-9-4-5-10(6-11(9)15)14(16-2)12-7-13(19-3)18-8-17-12/h4-8,14,16H,1-3H3. The fraction of sp³-hybridized carbons (Fsp3) is 0.286. The van der Waals surface area contributed by atoms with Gasteiger partial charge < -0.3 is 10.1 Å². The van der Waals surface area contributed by atoms with Crippen LogP contribution in [-0.4, -0.2) is 24.1 Å². The zero-order chi connectivity index (χ0) is 13.8. The molecule has 4 nitrogen and oxygen atoms in total. The molecule has 100 valence electrons. The van der Waals surface area contributed by atoms with Gasteiger partial charge >= 0.3 is 0 Å². The maximum absolute atomic E-state index is 6.18. The van der Waals surface area contributed by atoms with Crippen LogP contribution in [0, 0.1) is 6.92 Å². The summed E-state index contributed by atoms with van der Waals surface area (Å²) in [6.45, 7) is 1.98. The Morgan fingerprint density at radius 2 is 2.05 bits per heavy atom. The molecule has 0 bridgehead atoms. The fourth-order valence-electron chi connectivity index (χ4n) is 1.90. The average Bonchev–Trinajstić information content (AvgIpc) is 2.44. The molecule has 0 aliphatic heterocycles. The van der Waals surface area contributed by atoms with Gasteiger partial charge in [0.1, 0.15) is 6.33 Å². The molecule has 1 heterocycles. The van der Waals surface area contributed by atoms with Crippen LogP contribution in [0.1, 0.15) is 22.9 Å². The summed E-state index contributed by atoms with van der Waals surface area (Å²) >= 11 is 6.18. The Labute approximate surface area is 117 Å². The van der Waals surface area contributed by atoms with Crippen LogP contribution in [0.25, 0.3) is 0 Å². The van der Waals surface area contributed by atoms with Gasteiger partial charge in [-0.05, 0) is 31.2 Å². The normalized spacial score (nSPS) is 12.2. The zero-order valence-electron chi connectivity index (χ0n) is 11.1. The Kier molecular flexibility index (Phi) is 4.35. The maximum atomic E-state index is 6.18. The second kappa shape index (κ2) is 5.99. The minimum absolute atomic E-state index is 0.0463. The second-order valence-electron chi connectivity index (χ2n) is 4.22. The van der Waals surface area contributed by atoms with Crippen LogP contribution in [0.4, 0.5) is 0 Å². The molecule has 0 fully saturated rings. The van der Waals surface area contributed by atoms with Crippen LogP contribution in [0.15, 0.2) is 30.6 Å². The summed E-state index contributed by atoms with van der Waals surface area (Å²) in [5.41, 5.74) is 2.95. The minimum atomic E-state index is -0.0463. The lowest BCUT2D eigenvalue weighted by molar-refractivity contribution is 0.395. The molecule has 0 saturated heterocycles. The summed E-state index contributed by atoms with van der Waals surface area (Å²) in [4.78, 5) is 8.30. The molecule has 1 aromatic carbocycles. The smallest absolute Gasteiger partial charge is 0.216 e. The van der Waals surface area contributed by atoms with Gasteiger partial charge in [-0.1, -0.05) is 23.7 Å². The molecule has 0 saturated carbocycles. The minimum Gasteiger partial charge on any atom is -0.481 e. The Hall–Kier alpha value is -1.65. The highest BCUT2D eigenvalue weighted by Gasteiger charge is 2.15. The van der Waals surface area contributed by atoms with Crippen LogP contribution in [0.5, 0.6) is 5.88 Å². The molecular weight excluding hydrogens is 262 g/mol. The Bertz CT molecular complexity index is 574. The monoisotopic (exact) mass is 277 g/mol. The van der Waals surface area contributed by atoms with E-state index in [1.165, 1.54) is 6.33 Å². The number of nitrogens with zero attached hydrogens (tertiary/aromatic N) is 2. The fourth-order valence-corrected chi connectivity index (χ4v) is 2.09. The lowest BCUT2D eigenvalue weighted by atomic mass is 10.0. The van der Waals surface area contributed by atoms with Crippen molar-refractivity contribution >= 4 is 11.6 Å². The van der Waals surface area contributed by atoms with Gasteiger partial charge in [-0.2, -0.15) is 0 Å². The van der Waals surface area contributed by atoms with Gasteiger partial charge in [-0.25, -0.2) is 9.97 Å². The molecule has 0 aliphatic carbocycles. The molecule has 2 aromatic rings. The van der Waals surface area contributed by atoms with E-state index in [4.69, 9.17) is 16.3 Å². The number of aryl methyl sites for hydroxylation is 1. The maximum Gasteiger partial charge on any atom is 0.216 e. The Morgan fingerprint density at radius 1 is 1.26 bits per heavy atom. The number of hydrogen-bond acceptors (Lipinski definition) is 4. The van der Waals surface area contributed by atoms with E-state index in [1.807, 2.05) is 38.2 Å². The summed E-state index contributed by atoms with van der Waals surface area (Å²) in [6.07, 6.45) is 1.49. The first-order chi connectivity index (χ1) is 9.15. The number of methoxy groups -OCH3 is 1. The summed E-state index contributed by atoms with van der Waals surface area (Å²) < 4.78 is 5.12. The van der Waals surface area contributed by atoms with Crippen LogP contribution in [0.3, 0.4) is 0 Å². The highest BCUT2D eigenvalue weighted by Crippen LogP contribution is 2.25. The Morgan fingerprint density at radius 3 is 2.68 bits per heavy atom. The van der Waals surface area contributed by atoms with E-state index in [2.05, 4.69) is 15.3 Å². The van der Waals surface area contributed by atoms with E-state index < -0.39 is 0 Å².